The van der Waals surface area contributed by atoms with Crippen molar-refractivity contribution in [1.82, 2.24) is 4.90 Å². The number of aliphatic hydroxyl groups excluding tert-OH is 1. The normalized spacial score (nSPS) is 28.3. The molecule has 112 valence electrons. The van der Waals surface area contributed by atoms with E-state index in [-0.39, 0.29) is 17.9 Å². The molecule has 0 bridgehead atoms. The Labute approximate surface area is 134 Å². The fourth-order valence-corrected chi connectivity index (χ4v) is 3.69. The van der Waals surface area contributed by atoms with Gasteiger partial charge in [0, 0.05) is 35.1 Å². The Balaban J connectivity index is 1.67. The van der Waals surface area contributed by atoms with E-state index in [1.807, 2.05) is 4.90 Å². The SMILES string of the molecule is O=C(/C=C/c1cc(Cl)ccc1Cl)N1CC2CCC(O)C2C1. The third-order valence-corrected chi connectivity index (χ3v) is 5.07. The molecule has 1 aromatic carbocycles. The fourth-order valence-electron chi connectivity index (χ4n) is 3.33. The highest BCUT2D eigenvalue weighted by Crippen LogP contribution is 2.38. The Hall–Kier alpha value is -1.03. The van der Waals surface area contributed by atoms with Crippen LogP contribution in [-0.4, -0.2) is 35.1 Å². The molecule has 0 aromatic heterocycles. The summed E-state index contributed by atoms with van der Waals surface area (Å²) in [5.41, 5.74) is 0.733. The van der Waals surface area contributed by atoms with Crippen LogP contribution in [0.15, 0.2) is 24.3 Å². The Morgan fingerprint density at radius 2 is 2.10 bits per heavy atom. The highest BCUT2D eigenvalue weighted by atomic mass is 35.5. The Kier molecular flexibility index (Phi) is 4.25. The summed E-state index contributed by atoms with van der Waals surface area (Å²) in [6, 6.07) is 5.16. The van der Waals surface area contributed by atoms with Crippen LogP contribution < -0.4 is 0 Å². The lowest BCUT2D eigenvalue weighted by Crippen LogP contribution is -2.29. The predicted octanol–water partition coefficient (Wildman–Crippen LogP) is 3.24. The van der Waals surface area contributed by atoms with E-state index in [1.54, 1.807) is 24.3 Å². The molecule has 1 N–H and O–H groups in total. The highest BCUT2D eigenvalue weighted by Gasteiger charge is 2.42. The van der Waals surface area contributed by atoms with Crippen molar-refractivity contribution in [2.24, 2.45) is 11.8 Å². The fraction of sp³-hybridized carbons (Fsp3) is 0.438. The molecule has 1 aliphatic carbocycles. The molecule has 3 unspecified atom stereocenters. The predicted molar refractivity (Wildman–Crippen MR) is 84.3 cm³/mol. The molecular weight excluding hydrogens is 309 g/mol. The van der Waals surface area contributed by atoms with Gasteiger partial charge >= 0.3 is 0 Å². The third-order valence-electron chi connectivity index (χ3n) is 4.49. The van der Waals surface area contributed by atoms with Gasteiger partial charge in [0.05, 0.1) is 6.10 Å². The monoisotopic (exact) mass is 325 g/mol. The first-order valence-corrected chi connectivity index (χ1v) is 7.90. The highest BCUT2D eigenvalue weighted by molar-refractivity contribution is 6.34. The summed E-state index contributed by atoms with van der Waals surface area (Å²) in [6.07, 6.45) is 4.86. The van der Waals surface area contributed by atoms with Crippen LogP contribution >= 0.6 is 23.2 Å². The number of aliphatic hydroxyl groups is 1. The largest absolute Gasteiger partial charge is 0.393 e. The van der Waals surface area contributed by atoms with Crippen LogP contribution in [0.1, 0.15) is 18.4 Å². The van der Waals surface area contributed by atoms with Gasteiger partial charge in [0.15, 0.2) is 0 Å². The molecule has 21 heavy (non-hydrogen) atoms. The summed E-state index contributed by atoms with van der Waals surface area (Å²) in [5.74, 6) is 0.664. The van der Waals surface area contributed by atoms with E-state index < -0.39 is 0 Å². The molecule has 3 nitrogen and oxygen atoms in total. The molecule has 2 fully saturated rings. The molecule has 1 amide bonds. The van der Waals surface area contributed by atoms with Gasteiger partial charge in [-0.25, -0.2) is 0 Å². The number of nitrogens with zero attached hydrogens (tertiary/aromatic N) is 1. The maximum absolute atomic E-state index is 12.2. The van der Waals surface area contributed by atoms with Gasteiger partial charge in [0.25, 0.3) is 0 Å². The van der Waals surface area contributed by atoms with Crippen molar-refractivity contribution in [2.45, 2.75) is 18.9 Å². The van der Waals surface area contributed by atoms with Crippen molar-refractivity contribution < 1.29 is 9.90 Å². The van der Waals surface area contributed by atoms with Crippen LogP contribution in [0.4, 0.5) is 0 Å². The number of benzene rings is 1. The second-order valence-corrected chi connectivity index (χ2v) is 6.65. The zero-order valence-corrected chi connectivity index (χ0v) is 13.0. The van der Waals surface area contributed by atoms with Crippen LogP contribution in [0.2, 0.25) is 10.0 Å². The quantitative estimate of drug-likeness (QED) is 0.848. The summed E-state index contributed by atoms with van der Waals surface area (Å²) in [5, 5.41) is 11.0. The number of hydrogen-bond acceptors (Lipinski definition) is 2. The average Bonchev–Trinajstić information content (AvgIpc) is 3.02. The minimum Gasteiger partial charge on any atom is -0.393 e. The standard InChI is InChI=1S/C16H17Cl2NO2/c17-12-3-4-14(18)10(7-12)2-6-16(21)19-8-11-1-5-15(20)13(11)9-19/h2-4,6-7,11,13,15,20H,1,5,8-9H2/b6-2+. The van der Waals surface area contributed by atoms with Gasteiger partial charge in [0.1, 0.15) is 0 Å². The molecule has 1 aromatic rings. The zero-order valence-electron chi connectivity index (χ0n) is 11.5. The maximum atomic E-state index is 12.2. The van der Waals surface area contributed by atoms with Crippen LogP contribution in [-0.2, 0) is 4.79 Å². The molecule has 1 heterocycles. The summed E-state index contributed by atoms with van der Waals surface area (Å²) in [7, 11) is 0. The van der Waals surface area contributed by atoms with Crippen LogP contribution in [0.25, 0.3) is 6.08 Å². The van der Waals surface area contributed by atoms with Crippen molar-refractivity contribution in [3.8, 4) is 0 Å². The van der Waals surface area contributed by atoms with E-state index in [0.29, 0.717) is 22.5 Å². The number of rotatable bonds is 2. The van der Waals surface area contributed by atoms with Crippen LogP contribution in [0, 0.1) is 11.8 Å². The lowest BCUT2D eigenvalue weighted by Gasteiger charge is -2.16. The molecule has 2 aliphatic rings. The second kappa shape index (κ2) is 5.99. The van der Waals surface area contributed by atoms with Gasteiger partial charge in [-0.1, -0.05) is 23.2 Å². The van der Waals surface area contributed by atoms with E-state index in [1.165, 1.54) is 6.08 Å². The van der Waals surface area contributed by atoms with Crippen molar-refractivity contribution in [2.75, 3.05) is 13.1 Å². The molecule has 3 atom stereocenters. The van der Waals surface area contributed by atoms with Crippen LogP contribution in [0.3, 0.4) is 0 Å². The Bertz CT molecular complexity index is 588. The minimum atomic E-state index is -0.251. The first kappa shape index (κ1) is 14.9. The van der Waals surface area contributed by atoms with Crippen molar-refractivity contribution in [3.05, 3.63) is 39.9 Å². The number of hydrogen-bond donors (Lipinski definition) is 1. The number of likely N-dealkylation sites (tertiary alicyclic amines) is 1. The van der Waals surface area contributed by atoms with E-state index in [4.69, 9.17) is 23.2 Å². The van der Waals surface area contributed by atoms with Gasteiger partial charge in [0.2, 0.25) is 5.91 Å². The van der Waals surface area contributed by atoms with Gasteiger partial charge in [-0.15, -0.1) is 0 Å². The summed E-state index contributed by atoms with van der Waals surface area (Å²) in [6.45, 7) is 1.40. The molecule has 0 radical (unpaired) electrons. The molecule has 1 saturated carbocycles. The van der Waals surface area contributed by atoms with E-state index in [2.05, 4.69) is 0 Å². The number of carbonyl (C=O) groups excluding carboxylic acids is 1. The van der Waals surface area contributed by atoms with Gasteiger partial charge in [-0.3, -0.25) is 4.79 Å². The topological polar surface area (TPSA) is 40.5 Å². The number of fused-ring (bicyclic) bond motifs is 1. The first-order chi connectivity index (χ1) is 10.0. The average molecular weight is 326 g/mol. The molecule has 0 spiro atoms. The number of halogens is 2. The number of carbonyl (C=O) groups is 1. The van der Waals surface area contributed by atoms with Crippen molar-refractivity contribution in [3.63, 3.8) is 0 Å². The summed E-state index contributed by atoms with van der Waals surface area (Å²) in [4.78, 5) is 14.0. The molecule has 1 aliphatic heterocycles. The smallest absolute Gasteiger partial charge is 0.246 e. The Morgan fingerprint density at radius 1 is 1.29 bits per heavy atom. The lowest BCUT2D eigenvalue weighted by atomic mass is 10.00. The lowest BCUT2D eigenvalue weighted by molar-refractivity contribution is -0.125. The van der Waals surface area contributed by atoms with Gasteiger partial charge in [-0.2, -0.15) is 0 Å². The third kappa shape index (κ3) is 3.10. The minimum absolute atomic E-state index is 0.0346. The van der Waals surface area contributed by atoms with E-state index in [0.717, 1.165) is 24.9 Å². The van der Waals surface area contributed by atoms with Crippen LogP contribution in [0.5, 0.6) is 0 Å². The van der Waals surface area contributed by atoms with Crippen molar-refractivity contribution in [1.29, 1.82) is 0 Å². The van der Waals surface area contributed by atoms with Gasteiger partial charge in [-0.05, 0) is 48.6 Å². The second-order valence-electron chi connectivity index (χ2n) is 5.81. The van der Waals surface area contributed by atoms with Crippen molar-refractivity contribution >= 4 is 35.2 Å². The molecular formula is C16H17Cl2NO2. The number of amides is 1. The molecule has 3 rings (SSSR count). The van der Waals surface area contributed by atoms with Gasteiger partial charge < -0.3 is 10.0 Å². The first-order valence-electron chi connectivity index (χ1n) is 7.14. The van der Waals surface area contributed by atoms with E-state index >= 15 is 0 Å². The Morgan fingerprint density at radius 3 is 2.86 bits per heavy atom. The van der Waals surface area contributed by atoms with E-state index in [9.17, 15) is 9.90 Å². The molecule has 1 saturated heterocycles. The summed E-state index contributed by atoms with van der Waals surface area (Å²) >= 11 is 12.0. The summed E-state index contributed by atoms with van der Waals surface area (Å²) < 4.78 is 0. The maximum Gasteiger partial charge on any atom is 0.246 e. The zero-order chi connectivity index (χ0) is 15.0. The molecule has 5 heteroatoms.